The molecule has 0 amide bonds. The van der Waals surface area contributed by atoms with E-state index in [2.05, 4.69) is 0 Å². The molecule has 54 valence electrons. The number of rotatable bonds is 0. The van der Waals surface area contributed by atoms with E-state index in [4.69, 9.17) is 33.0 Å². The van der Waals surface area contributed by atoms with Gasteiger partial charge in [-0.15, -0.1) is 0 Å². The molecular weight excluding hydrogens is 163 g/mol. The molecule has 0 saturated carbocycles. The van der Waals surface area contributed by atoms with Gasteiger partial charge in [0, 0.05) is 6.61 Å². The Morgan fingerprint density at radius 1 is 1.56 bits per heavy atom. The van der Waals surface area contributed by atoms with Crippen LogP contribution in [0.25, 0.3) is 0 Å². The van der Waals surface area contributed by atoms with E-state index in [1.54, 1.807) is 0 Å². The highest BCUT2D eigenvalue weighted by Gasteiger charge is 2.36. The topological polar surface area (TPSA) is 29.5 Å². The number of hydrogen-bond donors (Lipinski definition) is 1. The highest BCUT2D eigenvalue weighted by Crippen LogP contribution is 2.34. The Morgan fingerprint density at radius 2 is 2.22 bits per heavy atom. The van der Waals surface area contributed by atoms with E-state index in [0.29, 0.717) is 13.0 Å². The molecule has 1 rings (SSSR count). The van der Waals surface area contributed by atoms with Crippen LogP contribution in [-0.4, -0.2) is 22.3 Å². The first-order valence-electron chi connectivity index (χ1n) is 2.80. The minimum atomic E-state index is -1.09. The van der Waals surface area contributed by atoms with Gasteiger partial charge in [-0.2, -0.15) is 0 Å². The lowest BCUT2D eigenvalue weighted by atomic mass is 10.2. The molecule has 0 radical (unpaired) electrons. The molecule has 0 aliphatic carbocycles. The van der Waals surface area contributed by atoms with E-state index >= 15 is 0 Å². The first kappa shape index (κ1) is 7.61. The van der Waals surface area contributed by atoms with Crippen molar-refractivity contribution >= 4 is 23.2 Å². The van der Waals surface area contributed by atoms with Crippen LogP contribution in [0.15, 0.2) is 0 Å². The molecule has 1 atom stereocenters. The lowest BCUT2D eigenvalue weighted by Crippen LogP contribution is -2.37. The van der Waals surface area contributed by atoms with Crippen molar-refractivity contribution in [1.29, 1.82) is 0 Å². The van der Waals surface area contributed by atoms with E-state index in [-0.39, 0.29) is 0 Å². The van der Waals surface area contributed by atoms with Crippen molar-refractivity contribution in [1.82, 2.24) is 0 Å². The second kappa shape index (κ2) is 2.62. The zero-order chi connectivity index (χ0) is 6.91. The van der Waals surface area contributed by atoms with Crippen LogP contribution in [0.1, 0.15) is 12.8 Å². The highest BCUT2D eigenvalue weighted by molar-refractivity contribution is 6.48. The maximum atomic E-state index is 8.95. The van der Waals surface area contributed by atoms with Crippen molar-refractivity contribution in [2.75, 3.05) is 6.61 Å². The Hall–Kier alpha value is 0.500. The molecule has 1 unspecified atom stereocenters. The highest BCUT2D eigenvalue weighted by atomic mass is 35.5. The maximum absolute atomic E-state index is 8.95. The molecule has 0 bridgehead atoms. The summed E-state index contributed by atoms with van der Waals surface area (Å²) in [5, 5.41) is 8.95. The smallest absolute Gasteiger partial charge is 0.187 e. The molecule has 1 N–H and O–H groups in total. The van der Waals surface area contributed by atoms with Gasteiger partial charge in [-0.25, -0.2) is 0 Å². The Morgan fingerprint density at radius 3 is 2.56 bits per heavy atom. The van der Waals surface area contributed by atoms with E-state index in [0.717, 1.165) is 6.42 Å². The van der Waals surface area contributed by atoms with Crippen molar-refractivity contribution in [2.24, 2.45) is 0 Å². The molecule has 1 fully saturated rings. The summed E-state index contributed by atoms with van der Waals surface area (Å²) in [5.41, 5.74) is 0. The SMILES string of the molecule is OC1OCCCC1(Cl)Cl. The minimum Gasteiger partial charge on any atom is -0.366 e. The van der Waals surface area contributed by atoms with Gasteiger partial charge in [0.25, 0.3) is 0 Å². The van der Waals surface area contributed by atoms with Gasteiger partial charge in [0.2, 0.25) is 0 Å². The molecule has 1 heterocycles. The summed E-state index contributed by atoms with van der Waals surface area (Å²) in [7, 11) is 0. The van der Waals surface area contributed by atoms with E-state index in [1.165, 1.54) is 0 Å². The van der Waals surface area contributed by atoms with Crippen LogP contribution >= 0.6 is 23.2 Å². The molecular formula is C5H8Cl2O2. The average molecular weight is 171 g/mol. The van der Waals surface area contributed by atoms with Crippen molar-refractivity contribution in [3.8, 4) is 0 Å². The van der Waals surface area contributed by atoms with Crippen LogP contribution in [-0.2, 0) is 4.74 Å². The number of halogens is 2. The van der Waals surface area contributed by atoms with Crippen molar-refractivity contribution in [2.45, 2.75) is 23.5 Å². The Balaban J connectivity index is 2.49. The van der Waals surface area contributed by atoms with Crippen molar-refractivity contribution in [3.63, 3.8) is 0 Å². The summed E-state index contributed by atoms with van der Waals surface area (Å²) in [6.45, 7) is 0.544. The fourth-order valence-corrected chi connectivity index (χ4v) is 1.14. The van der Waals surface area contributed by atoms with Crippen LogP contribution in [0, 0.1) is 0 Å². The quantitative estimate of drug-likeness (QED) is 0.556. The molecule has 0 aromatic rings. The summed E-state index contributed by atoms with van der Waals surface area (Å²) >= 11 is 11.2. The van der Waals surface area contributed by atoms with Gasteiger partial charge in [0.1, 0.15) is 0 Å². The number of hydrogen-bond acceptors (Lipinski definition) is 2. The maximum Gasteiger partial charge on any atom is 0.187 e. The number of ether oxygens (including phenoxy) is 1. The number of aliphatic hydroxyl groups is 1. The molecule has 9 heavy (non-hydrogen) atoms. The molecule has 0 spiro atoms. The third-order valence-corrected chi connectivity index (χ3v) is 2.04. The molecule has 0 aromatic carbocycles. The molecule has 4 heteroatoms. The largest absolute Gasteiger partial charge is 0.366 e. The summed E-state index contributed by atoms with van der Waals surface area (Å²) in [6.07, 6.45) is 0.385. The molecule has 1 aliphatic heterocycles. The zero-order valence-electron chi connectivity index (χ0n) is 4.81. The van der Waals surface area contributed by atoms with Crippen LogP contribution < -0.4 is 0 Å². The van der Waals surface area contributed by atoms with E-state index in [1.807, 2.05) is 0 Å². The zero-order valence-corrected chi connectivity index (χ0v) is 6.32. The predicted molar refractivity (Wildman–Crippen MR) is 35.6 cm³/mol. The third kappa shape index (κ3) is 1.71. The summed E-state index contributed by atoms with van der Waals surface area (Å²) in [6, 6.07) is 0. The van der Waals surface area contributed by atoms with Crippen LogP contribution in [0.2, 0.25) is 0 Å². The van der Waals surface area contributed by atoms with Crippen molar-refractivity contribution < 1.29 is 9.84 Å². The minimum absolute atomic E-state index is 0.544. The lowest BCUT2D eigenvalue weighted by molar-refractivity contribution is -0.129. The van der Waals surface area contributed by atoms with Gasteiger partial charge in [0.15, 0.2) is 10.6 Å². The fourth-order valence-electron chi connectivity index (χ4n) is 0.748. The average Bonchev–Trinajstić information content (AvgIpc) is 1.77. The molecule has 2 nitrogen and oxygen atoms in total. The molecule has 1 aliphatic rings. The monoisotopic (exact) mass is 170 g/mol. The van der Waals surface area contributed by atoms with Gasteiger partial charge >= 0.3 is 0 Å². The standard InChI is InChI=1S/C5H8Cl2O2/c6-5(7)2-1-3-9-4(5)8/h4,8H,1-3H2. The second-order valence-corrected chi connectivity index (χ2v) is 3.63. The fraction of sp³-hybridized carbons (Fsp3) is 1.00. The number of alkyl halides is 2. The first-order valence-corrected chi connectivity index (χ1v) is 3.56. The summed E-state index contributed by atoms with van der Waals surface area (Å²) in [5.74, 6) is 0. The Kier molecular flexibility index (Phi) is 2.22. The normalized spacial score (nSPS) is 34.3. The van der Waals surface area contributed by atoms with Crippen LogP contribution in [0.3, 0.4) is 0 Å². The van der Waals surface area contributed by atoms with Gasteiger partial charge in [-0.05, 0) is 12.8 Å². The van der Waals surface area contributed by atoms with Gasteiger partial charge in [-0.1, -0.05) is 23.2 Å². The van der Waals surface area contributed by atoms with Crippen LogP contribution in [0.5, 0.6) is 0 Å². The third-order valence-electron chi connectivity index (χ3n) is 1.29. The molecule has 1 saturated heterocycles. The van der Waals surface area contributed by atoms with Gasteiger partial charge in [0.05, 0.1) is 0 Å². The Labute approximate surface area is 63.7 Å². The van der Waals surface area contributed by atoms with E-state index < -0.39 is 10.6 Å². The lowest BCUT2D eigenvalue weighted by Gasteiger charge is -2.29. The first-order chi connectivity index (χ1) is 4.13. The number of aliphatic hydroxyl groups excluding tert-OH is 1. The van der Waals surface area contributed by atoms with E-state index in [9.17, 15) is 0 Å². The summed E-state index contributed by atoms with van der Waals surface area (Å²) < 4.78 is 3.70. The predicted octanol–water partition coefficient (Wildman–Crippen LogP) is 1.29. The second-order valence-electron chi connectivity index (χ2n) is 2.09. The molecule has 0 aromatic heterocycles. The van der Waals surface area contributed by atoms with Gasteiger partial charge < -0.3 is 9.84 Å². The van der Waals surface area contributed by atoms with Gasteiger partial charge in [-0.3, -0.25) is 0 Å². The summed E-state index contributed by atoms with van der Waals surface area (Å²) in [4.78, 5) is 0. The Bertz CT molecular complexity index is 105. The van der Waals surface area contributed by atoms with Crippen molar-refractivity contribution in [3.05, 3.63) is 0 Å². The van der Waals surface area contributed by atoms with Crippen LogP contribution in [0.4, 0.5) is 0 Å².